The van der Waals surface area contributed by atoms with Gasteiger partial charge in [-0.25, -0.2) is 9.97 Å². The smallest absolute Gasteiger partial charge is 0.257 e. The number of pyridine rings is 1. The van der Waals surface area contributed by atoms with Gasteiger partial charge in [-0.1, -0.05) is 35.4 Å². The Morgan fingerprint density at radius 1 is 1.00 bits per heavy atom. The summed E-state index contributed by atoms with van der Waals surface area (Å²) >= 11 is 5.79. The van der Waals surface area contributed by atoms with Crippen molar-refractivity contribution in [2.24, 2.45) is 0 Å². The Labute approximate surface area is 222 Å². The van der Waals surface area contributed by atoms with Gasteiger partial charge >= 0.3 is 0 Å². The summed E-state index contributed by atoms with van der Waals surface area (Å²) in [4.78, 5) is 27.6. The molecule has 2 aromatic carbocycles. The molecule has 4 rings (SSSR count). The average Bonchev–Trinajstić information content (AvgIpc) is 2.80. The number of benzene rings is 2. The second-order valence-electron chi connectivity index (χ2n) is 8.10. The van der Waals surface area contributed by atoms with Crippen LogP contribution in [0.1, 0.15) is 34.5 Å². The molecule has 0 fully saturated rings. The highest BCUT2D eigenvalue weighted by Gasteiger charge is 2.14. The van der Waals surface area contributed by atoms with Crippen LogP contribution in [0, 0.1) is 6.92 Å². The van der Waals surface area contributed by atoms with E-state index >= 15 is 0 Å². The Morgan fingerprint density at radius 2 is 1.71 bits per heavy atom. The summed E-state index contributed by atoms with van der Waals surface area (Å²) in [6.45, 7) is 4.13. The standard InChI is InChI=1S/C25H25ClN6O.2ClH/c1-15-5-11-21-20(13-15)23(31-25(30-21)32(3)4)28-16(2)17-6-9-19(10-7-17)29-24(33)18-8-12-22(26)27-14-18;;/h5-14,16H,1-4H3,(H,29,33)(H,28,30,31);2*1H. The van der Waals surface area contributed by atoms with Gasteiger partial charge in [0.1, 0.15) is 11.0 Å². The molecule has 35 heavy (non-hydrogen) atoms. The Kier molecular flexibility index (Phi) is 9.65. The lowest BCUT2D eigenvalue weighted by atomic mass is 10.1. The molecule has 0 aliphatic rings. The van der Waals surface area contributed by atoms with Gasteiger partial charge in [0.2, 0.25) is 5.95 Å². The SMILES string of the molecule is Cc1ccc2nc(N(C)C)nc(NC(C)c3ccc(NC(=O)c4ccc(Cl)nc4)cc3)c2c1.Cl.Cl. The molecule has 10 heteroatoms. The molecule has 2 N–H and O–H groups in total. The van der Waals surface area contributed by atoms with Gasteiger partial charge in [0, 0.05) is 37.4 Å². The molecular formula is C25H27Cl3N6O. The summed E-state index contributed by atoms with van der Waals surface area (Å²) in [7, 11) is 3.85. The van der Waals surface area contributed by atoms with Crippen LogP contribution in [0.4, 0.5) is 17.5 Å². The number of aryl methyl sites for hydroxylation is 1. The maximum Gasteiger partial charge on any atom is 0.257 e. The lowest BCUT2D eigenvalue weighted by Crippen LogP contribution is -2.16. The largest absolute Gasteiger partial charge is 0.363 e. The summed E-state index contributed by atoms with van der Waals surface area (Å²) in [5.41, 5.74) is 4.25. The monoisotopic (exact) mass is 532 g/mol. The van der Waals surface area contributed by atoms with E-state index in [1.165, 1.54) is 6.20 Å². The van der Waals surface area contributed by atoms with Crippen LogP contribution in [-0.4, -0.2) is 35.0 Å². The van der Waals surface area contributed by atoms with E-state index in [4.69, 9.17) is 16.6 Å². The third-order valence-corrected chi connectivity index (χ3v) is 5.47. The number of anilines is 3. The third-order valence-electron chi connectivity index (χ3n) is 5.25. The number of nitrogens with one attached hydrogen (secondary N) is 2. The Hall–Kier alpha value is -3.13. The molecule has 0 spiro atoms. The van der Waals surface area contributed by atoms with E-state index in [0.717, 1.165) is 27.8 Å². The lowest BCUT2D eigenvalue weighted by Gasteiger charge is -2.19. The predicted octanol–water partition coefficient (Wildman–Crippen LogP) is 6.32. The van der Waals surface area contributed by atoms with Crippen molar-refractivity contribution in [1.29, 1.82) is 0 Å². The van der Waals surface area contributed by atoms with Crippen molar-refractivity contribution in [3.63, 3.8) is 0 Å². The number of hydrogen-bond donors (Lipinski definition) is 2. The lowest BCUT2D eigenvalue weighted by molar-refractivity contribution is 0.102. The molecule has 2 aromatic heterocycles. The Morgan fingerprint density at radius 3 is 2.34 bits per heavy atom. The summed E-state index contributed by atoms with van der Waals surface area (Å²) in [5, 5.41) is 7.73. The number of halogens is 3. The zero-order chi connectivity index (χ0) is 23.5. The zero-order valence-corrected chi connectivity index (χ0v) is 22.1. The molecule has 0 bridgehead atoms. The molecule has 0 aliphatic heterocycles. The van der Waals surface area contributed by atoms with Gasteiger partial charge in [-0.2, -0.15) is 4.98 Å². The van der Waals surface area contributed by atoms with Crippen LogP contribution < -0.4 is 15.5 Å². The van der Waals surface area contributed by atoms with Crippen molar-refractivity contribution in [2.75, 3.05) is 29.6 Å². The number of rotatable bonds is 6. The molecule has 0 aliphatic carbocycles. The van der Waals surface area contributed by atoms with E-state index < -0.39 is 0 Å². The van der Waals surface area contributed by atoms with Gasteiger partial charge in [-0.05, 0) is 55.8 Å². The van der Waals surface area contributed by atoms with Gasteiger partial charge in [0.15, 0.2) is 0 Å². The van der Waals surface area contributed by atoms with Crippen molar-refractivity contribution >= 4 is 70.7 Å². The van der Waals surface area contributed by atoms with Crippen molar-refractivity contribution in [3.8, 4) is 0 Å². The van der Waals surface area contributed by atoms with E-state index in [9.17, 15) is 4.79 Å². The maximum atomic E-state index is 12.4. The number of nitrogens with zero attached hydrogens (tertiary/aromatic N) is 4. The molecule has 0 saturated carbocycles. The molecule has 184 valence electrons. The first-order valence-corrected chi connectivity index (χ1v) is 10.9. The van der Waals surface area contributed by atoms with Crippen LogP contribution in [0.2, 0.25) is 5.15 Å². The van der Waals surface area contributed by atoms with Crippen LogP contribution in [0.15, 0.2) is 60.8 Å². The zero-order valence-electron chi connectivity index (χ0n) is 19.7. The first-order valence-electron chi connectivity index (χ1n) is 10.6. The van der Waals surface area contributed by atoms with Crippen molar-refractivity contribution in [3.05, 3.63) is 82.6 Å². The molecule has 0 saturated heterocycles. The van der Waals surface area contributed by atoms with Crippen LogP contribution in [0.3, 0.4) is 0 Å². The second-order valence-corrected chi connectivity index (χ2v) is 8.49. The van der Waals surface area contributed by atoms with Crippen molar-refractivity contribution < 1.29 is 4.79 Å². The fourth-order valence-corrected chi connectivity index (χ4v) is 3.51. The minimum Gasteiger partial charge on any atom is -0.363 e. The predicted molar refractivity (Wildman–Crippen MR) is 149 cm³/mol. The van der Waals surface area contributed by atoms with E-state index in [2.05, 4.69) is 46.6 Å². The Bertz CT molecular complexity index is 1300. The van der Waals surface area contributed by atoms with Crippen LogP contribution in [0.5, 0.6) is 0 Å². The molecule has 7 nitrogen and oxygen atoms in total. The fraction of sp³-hybridized carbons (Fsp3) is 0.200. The van der Waals surface area contributed by atoms with Crippen LogP contribution in [0.25, 0.3) is 10.9 Å². The highest BCUT2D eigenvalue weighted by atomic mass is 35.5. The molecular weight excluding hydrogens is 507 g/mol. The van der Waals surface area contributed by atoms with Gasteiger partial charge in [0.05, 0.1) is 11.1 Å². The fourth-order valence-electron chi connectivity index (χ4n) is 3.40. The summed E-state index contributed by atoms with van der Waals surface area (Å²) in [6.07, 6.45) is 1.45. The van der Waals surface area contributed by atoms with Crippen LogP contribution >= 0.6 is 36.4 Å². The number of fused-ring (bicyclic) bond motifs is 1. The van der Waals surface area contributed by atoms with E-state index in [-0.39, 0.29) is 36.8 Å². The molecule has 2 heterocycles. The quantitative estimate of drug-likeness (QED) is 0.282. The second kappa shape index (κ2) is 12.0. The van der Waals surface area contributed by atoms with Gasteiger partial charge in [-0.3, -0.25) is 4.79 Å². The number of carbonyl (C=O) groups excluding carboxylic acids is 1. The normalized spacial score (nSPS) is 11.1. The first-order chi connectivity index (χ1) is 15.8. The number of hydrogen-bond acceptors (Lipinski definition) is 6. The highest BCUT2D eigenvalue weighted by molar-refractivity contribution is 6.29. The number of aromatic nitrogens is 3. The van der Waals surface area contributed by atoms with E-state index in [1.807, 2.05) is 49.3 Å². The minimum absolute atomic E-state index is 0. The summed E-state index contributed by atoms with van der Waals surface area (Å²) in [5.74, 6) is 1.19. The highest BCUT2D eigenvalue weighted by Crippen LogP contribution is 2.28. The van der Waals surface area contributed by atoms with Gasteiger partial charge < -0.3 is 15.5 Å². The van der Waals surface area contributed by atoms with E-state index in [0.29, 0.717) is 22.4 Å². The van der Waals surface area contributed by atoms with Gasteiger partial charge in [-0.15, -0.1) is 24.8 Å². The average molecular weight is 534 g/mol. The topological polar surface area (TPSA) is 83.0 Å². The molecule has 0 radical (unpaired) electrons. The maximum absolute atomic E-state index is 12.4. The molecule has 1 amide bonds. The van der Waals surface area contributed by atoms with Gasteiger partial charge in [0.25, 0.3) is 5.91 Å². The number of carbonyl (C=O) groups is 1. The molecule has 1 atom stereocenters. The molecule has 4 aromatic rings. The number of amides is 1. The third kappa shape index (κ3) is 6.72. The van der Waals surface area contributed by atoms with E-state index in [1.54, 1.807) is 12.1 Å². The summed E-state index contributed by atoms with van der Waals surface area (Å²) in [6, 6.07) is 17.1. The van der Waals surface area contributed by atoms with Crippen LogP contribution in [-0.2, 0) is 0 Å². The van der Waals surface area contributed by atoms with Crippen molar-refractivity contribution in [2.45, 2.75) is 19.9 Å². The minimum atomic E-state index is -0.239. The van der Waals surface area contributed by atoms with Crippen molar-refractivity contribution in [1.82, 2.24) is 15.0 Å². The summed E-state index contributed by atoms with van der Waals surface area (Å²) < 4.78 is 0. The first kappa shape index (κ1) is 28.1. The molecule has 1 unspecified atom stereocenters. The Balaban J connectivity index is 0.00000216.